The molecule has 0 atom stereocenters. The highest BCUT2D eigenvalue weighted by atomic mass is 16.2. The number of rotatable bonds is 4. The number of aryl methyl sites for hydroxylation is 2. The van der Waals surface area contributed by atoms with E-state index >= 15 is 0 Å². The summed E-state index contributed by atoms with van der Waals surface area (Å²) in [5.41, 5.74) is 6.04. The maximum atomic E-state index is 13.5. The first-order valence-corrected chi connectivity index (χ1v) is 12.0. The molecule has 168 valence electrons. The van der Waals surface area contributed by atoms with Crippen LogP contribution in [-0.4, -0.2) is 52.1 Å². The average Bonchev–Trinajstić information content (AvgIpc) is 3.19. The van der Waals surface area contributed by atoms with E-state index < -0.39 is 0 Å². The standard InChI is InChI=1S/C23H30N8O/c1-29-19-10-11-30(23(32)21-16-6-4-2-3-5-7-18(16)25-26-21)13-17(19)20(28-29)22-27-24-14-31(22)12-15-8-9-15/h14-15H,2-13H2,1H3,(H,25,26). The lowest BCUT2D eigenvalue weighted by molar-refractivity contribution is 0.0726. The summed E-state index contributed by atoms with van der Waals surface area (Å²) in [5.74, 6) is 1.57. The Morgan fingerprint density at radius 1 is 1.12 bits per heavy atom. The van der Waals surface area contributed by atoms with Crippen LogP contribution in [0.3, 0.4) is 0 Å². The Morgan fingerprint density at radius 2 is 1.97 bits per heavy atom. The normalized spacial score (nSPS) is 18.7. The summed E-state index contributed by atoms with van der Waals surface area (Å²) < 4.78 is 4.07. The number of H-pyrrole nitrogens is 1. The molecule has 9 nitrogen and oxygen atoms in total. The lowest BCUT2D eigenvalue weighted by atomic mass is 9.96. The number of nitrogens with one attached hydrogen (secondary N) is 1. The van der Waals surface area contributed by atoms with Crippen LogP contribution >= 0.6 is 0 Å². The monoisotopic (exact) mass is 434 g/mol. The van der Waals surface area contributed by atoms with E-state index in [4.69, 9.17) is 5.10 Å². The van der Waals surface area contributed by atoms with Gasteiger partial charge in [-0.05, 0) is 44.4 Å². The van der Waals surface area contributed by atoms with Gasteiger partial charge in [-0.2, -0.15) is 10.2 Å². The van der Waals surface area contributed by atoms with Gasteiger partial charge >= 0.3 is 0 Å². The Balaban J connectivity index is 1.30. The number of hydrogen-bond acceptors (Lipinski definition) is 5. The first kappa shape index (κ1) is 19.7. The van der Waals surface area contributed by atoms with Gasteiger partial charge < -0.3 is 9.47 Å². The van der Waals surface area contributed by atoms with Crippen LogP contribution in [-0.2, 0) is 39.4 Å². The molecule has 2 aliphatic carbocycles. The van der Waals surface area contributed by atoms with E-state index in [0.29, 0.717) is 18.8 Å². The second kappa shape index (κ2) is 7.86. The fraction of sp³-hybridized carbons (Fsp3) is 0.609. The predicted octanol–water partition coefficient (Wildman–Crippen LogP) is 2.67. The van der Waals surface area contributed by atoms with E-state index in [-0.39, 0.29) is 5.91 Å². The fourth-order valence-electron chi connectivity index (χ4n) is 5.26. The molecule has 9 heteroatoms. The zero-order chi connectivity index (χ0) is 21.7. The van der Waals surface area contributed by atoms with E-state index in [9.17, 15) is 4.79 Å². The summed E-state index contributed by atoms with van der Waals surface area (Å²) in [6.45, 7) is 2.16. The van der Waals surface area contributed by atoms with Gasteiger partial charge in [0, 0.05) is 49.1 Å². The van der Waals surface area contributed by atoms with Crippen molar-refractivity contribution in [3.63, 3.8) is 0 Å². The van der Waals surface area contributed by atoms with Crippen molar-refractivity contribution in [2.45, 2.75) is 70.9 Å². The molecule has 1 N–H and O–H groups in total. The Labute approximate surface area is 187 Å². The van der Waals surface area contributed by atoms with Gasteiger partial charge in [0.2, 0.25) is 0 Å². The van der Waals surface area contributed by atoms with Crippen molar-refractivity contribution in [2.24, 2.45) is 13.0 Å². The number of aromatic amines is 1. The molecule has 0 saturated heterocycles. The summed E-state index contributed by atoms with van der Waals surface area (Å²) in [6, 6.07) is 0. The topological polar surface area (TPSA) is 97.5 Å². The highest BCUT2D eigenvalue weighted by molar-refractivity contribution is 5.94. The highest BCUT2D eigenvalue weighted by Gasteiger charge is 2.32. The molecule has 3 aromatic rings. The number of fused-ring (bicyclic) bond motifs is 2. The molecule has 1 fully saturated rings. The Morgan fingerprint density at radius 3 is 2.81 bits per heavy atom. The third kappa shape index (κ3) is 3.43. The lowest BCUT2D eigenvalue weighted by Gasteiger charge is -2.27. The molecule has 0 unspecified atom stereocenters. The van der Waals surface area contributed by atoms with E-state index in [1.165, 1.54) is 31.4 Å². The van der Waals surface area contributed by atoms with Crippen molar-refractivity contribution in [3.8, 4) is 11.5 Å². The average molecular weight is 435 g/mol. The number of aromatic nitrogens is 7. The summed E-state index contributed by atoms with van der Waals surface area (Å²) in [7, 11) is 1.98. The zero-order valence-corrected chi connectivity index (χ0v) is 18.7. The van der Waals surface area contributed by atoms with Crippen LogP contribution in [0.4, 0.5) is 0 Å². The smallest absolute Gasteiger partial charge is 0.274 e. The maximum Gasteiger partial charge on any atom is 0.274 e. The molecule has 6 rings (SSSR count). The molecule has 3 aromatic heterocycles. The van der Waals surface area contributed by atoms with Gasteiger partial charge in [0.15, 0.2) is 11.5 Å². The van der Waals surface area contributed by atoms with Gasteiger partial charge in [-0.1, -0.05) is 12.8 Å². The molecule has 0 spiro atoms. The molecule has 0 bridgehead atoms. The Hall–Kier alpha value is -2.97. The van der Waals surface area contributed by atoms with Crippen LogP contribution in [0.25, 0.3) is 11.5 Å². The number of carbonyl (C=O) groups is 1. The summed E-state index contributed by atoms with van der Waals surface area (Å²) >= 11 is 0. The van der Waals surface area contributed by atoms with E-state index in [2.05, 4.69) is 25.0 Å². The Bertz CT molecular complexity index is 1150. The zero-order valence-electron chi connectivity index (χ0n) is 18.7. The van der Waals surface area contributed by atoms with Gasteiger partial charge in [0.05, 0.1) is 6.54 Å². The van der Waals surface area contributed by atoms with Gasteiger partial charge in [0.25, 0.3) is 5.91 Å². The SMILES string of the molecule is Cn1nc(-c2nncn2CC2CC2)c2c1CCN(C(=O)c1n[nH]c3c1CCCCCC3)C2. The predicted molar refractivity (Wildman–Crippen MR) is 118 cm³/mol. The minimum Gasteiger partial charge on any atom is -0.332 e. The van der Waals surface area contributed by atoms with Gasteiger partial charge in [-0.15, -0.1) is 10.2 Å². The molecule has 3 aliphatic rings. The molecule has 32 heavy (non-hydrogen) atoms. The summed E-state index contributed by atoms with van der Waals surface area (Å²) in [5, 5.41) is 21.0. The maximum absolute atomic E-state index is 13.5. The molecular weight excluding hydrogens is 404 g/mol. The van der Waals surface area contributed by atoms with E-state index in [0.717, 1.165) is 72.9 Å². The second-order valence-corrected chi connectivity index (χ2v) is 9.57. The molecule has 1 saturated carbocycles. The summed E-state index contributed by atoms with van der Waals surface area (Å²) in [6.07, 6.45) is 11.8. The van der Waals surface area contributed by atoms with Crippen LogP contribution in [0, 0.1) is 5.92 Å². The van der Waals surface area contributed by atoms with Crippen molar-refractivity contribution in [1.29, 1.82) is 0 Å². The number of nitrogens with zero attached hydrogens (tertiary/aromatic N) is 7. The number of carbonyl (C=O) groups excluding carboxylic acids is 1. The molecular formula is C23H30N8O. The minimum atomic E-state index is 0.0305. The van der Waals surface area contributed by atoms with Crippen molar-refractivity contribution >= 4 is 5.91 Å². The van der Waals surface area contributed by atoms with Crippen LogP contribution in [0.15, 0.2) is 6.33 Å². The number of amides is 1. The summed E-state index contributed by atoms with van der Waals surface area (Å²) in [4.78, 5) is 15.5. The Kier molecular flexibility index (Phi) is 4.84. The van der Waals surface area contributed by atoms with Crippen LogP contribution < -0.4 is 0 Å². The highest BCUT2D eigenvalue weighted by Crippen LogP contribution is 2.34. The molecule has 0 aromatic carbocycles. The van der Waals surface area contributed by atoms with E-state index in [1.807, 2.05) is 23.0 Å². The third-order valence-corrected chi connectivity index (χ3v) is 7.27. The largest absolute Gasteiger partial charge is 0.332 e. The third-order valence-electron chi connectivity index (χ3n) is 7.27. The minimum absolute atomic E-state index is 0.0305. The van der Waals surface area contributed by atoms with Crippen molar-refractivity contribution in [2.75, 3.05) is 6.54 Å². The molecule has 4 heterocycles. The van der Waals surface area contributed by atoms with Crippen LogP contribution in [0.2, 0.25) is 0 Å². The van der Waals surface area contributed by atoms with Crippen molar-refractivity contribution in [1.82, 2.24) is 39.6 Å². The van der Waals surface area contributed by atoms with Crippen molar-refractivity contribution < 1.29 is 4.79 Å². The van der Waals surface area contributed by atoms with E-state index in [1.54, 1.807) is 0 Å². The first-order valence-electron chi connectivity index (χ1n) is 12.0. The van der Waals surface area contributed by atoms with Gasteiger partial charge in [-0.25, -0.2) is 0 Å². The fourth-order valence-corrected chi connectivity index (χ4v) is 5.26. The molecule has 1 aliphatic heterocycles. The van der Waals surface area contributed by atoms with Gasteiger partial charge in [-0.3, -0.25) is 14.6 Å². The first-order chi connectivity index (χ1) is 15.7. The molecule has 0 radical (unpaired) electrons. The van der Waals surface area contributed by atoms with Crippen LogP contribution in [0.1, 0.15) is 71.5 Å². The number of hydrogen-bond donors (Lipinski definition) is 1. The quantitative estimate of drug-likeness (QED) is 0.681. The lowest BCUT2D eigenvalue weighted by Crippen LogP contribution is -2.37. The second-order valence-electron chi connectivity index (χ2n) is 9.57. The van der Waals surface area contributed by atoms with Gasteiger partial charge in [0.1, 0.15) is 12.0 Å². The van der Waals surface area contributed by atoms with Crippen LogP contribution in [0.5, 0.6) is 0 Å². The molecule has 1 amide bonds. The van der Waals surface area contributed by atoms with Crippen molar-refractivity contribution in [3.05, 3.63) is 34.5 Å².